The molecule has 3 aliphatic carbocycles. The summed E-state index contributed by atoms with van der Waals surface area (Å²) in [6, 6.07) is -1.13. The molecule has 274 valence electrons. The minimum Gasteiger partial charge on any atom is -0.507 e. The van der Waals surface area contributed by atoms with Crippen molar-refractivity contribution < 1.29 is 44.0 Å². The van der Waals surface area contributed by atoms with Crippen LogP contribution in [0.15, 0.2) is 58.2 Å². The number of carboxylic acid groups (broad SMARTS) is 1. The first-order chi connectivity index (χ1) is 23.8. The zero-order chi connectivity index (χ0) is 37.8. The number of hydrogen-bond donors (Lipinski definition) is 4. The van der Waals surface area contributed by atoms with E-state index in [-0.39, 0.29) is 64.6 Å². The number of nitrogens with one attached hydrogen (secondary N) is 1. The van der Waals surface area contributed by atoms with Crippen LogP contribution in [0.3, 0.4) is 0 Å². The highest BCUT2D eigenvalue weighted by molar-refractivity contribution is 6.18. The van der Waals surface area contributed by atoms with Crippen molar-refractivity contribution >= 4 is 23.4 Å². The fourth-order valence-corrected chi connectivity index (χ4v) is 8.18. The zero-order valence-corrected chi connectivity index (χ0v) is 31.2. The average Bonchev–Trinajstić information content (AvgIpc) is 3.19. The van der Waals surface area contributed by atoms with Crippen LogP contribution in [0.2, 0.25) is 0 Å². The fourth-order valence-electron chi connectivity index (χ4n) is 8.18. The maximum absolute atomic E-state index is 14.8. The fraction of sp³-hybridized carbons (Fsp3) is 0.512. The number of aromatic hydroxyl groups is 2. The molecule has 1 saturated heterocycles. The maximum atomic E-state index is 14.8. The van der Waals surface area contributed by atoms with Crippen molar-refractivity contribution in [2.24, 2.45) is 11.8 Å². The minimum atomic E-state index is -1.72. The second-order valence-electron chi connectivity index (χ2n) is 15.6. The number of ether oxygens (including phenoxy) is 2. The number of carbonyl (C=O) groups is 4. The maximum Gasteiger partial charge on any atom is 0.325 e. The van der Waals surface area contributed by atoms with Crippen molar-refractivity contribution in [1.82, 2.24) is 5.32 Å². The third-order valence-electron chi connectivity index (χ3n) is 10.9. The molecule has 5 atom stereocenters. The van der Waals surface area contributed by atoms with E-state index in [4.69, 9.17) is 9.47 Å². The molecular weight excluding hydrogens is 650 g/mol. The molecule has 1 saturated carbocycles. The number of Topliss-reactive ketones (excluding diaryl/α,β-unsaturated/α-hetero) is 2. The Labute approximate surface area is 300 Å². The number of fused-ring (bicyclic) bond motifs is 1. The third-order valence-corrected chi connectivity index (χ3v) is 10.9. The van der Waals surface area contributed by atoms with Crippen LogP contribution in [0.1, 0.15) is 109 Å². The largest absolute Gasteiger partial charge is 0.507 e. The highest BCUT2D eigenvalue weighted by Crippen LogP contribution is 2.68. The summed E-state index contributed by atoms with van der Waals surface area (Å²) < 4.78 is 13.8. The normalized spacial score (nSPS) is 26.4. The van der Waals surface area contributed by atoms with E-state index in [1.165, 1.54) is 25.5 Å². The molecule has 1 aromatic rings. The highest BCUT2D eigenvalue weighted by Gasteiger charge is 2.81. The number of rotatable bonds is 12. The molecule has 2 fully saturated rings. The number of aliphatic carboxylic acids is 1. The molecule has 5 aliphatic rings. The molecule has 0 aromatic heterocycles. The van der Waals surface area contributed by atoms with E-state index < -0.39 is 52.3 Å². The van der Waals surface area contributed by atoms with Crippen LogP contribution in [-0.4, -0.2) is 61.6 Å². The second kappa shape index (κ2) is 13.6. The summed E-state index contributed by atoms with van der Waals surface area (Å²) >= 11 is 0. The first-order valence-corrected chi connectivity index (χ1v) is 17.7. The van der Waals surface area contributed by atoms with Crippen molar-refractivity contribution in [2.45, 2.75) is 124 Å². The van der Waals surface area contributed by atoms with Crippen LogP contribution in [0.5, 0.6) is 17.2 Å². The lowest BCUT2D eigenvalue weighted by atomic mass is 9.51. The van der Waals surface area contributed by atoms with Gasteiger partial charge in [-0.25, -0.2) is 0 Å². The van der Waals surface area contributed by atoms with Gasteiger partial charge in [-0.3, -0.25) is 19.2 Å². The van der Waals surface area contributed by atoms with Crippen LogP contribution in [-0.2, 0) is 32.0 Å². The average molecular weight is 702 g/mol. The van der Waals surface area contributed by atoms with Gasteiger partial charge in [0.25, 0.3) is 0 Å². The molecule has 10 heteroatoms. The number of phenols is 2. The summed E-state index contributed by atoms with van der Waals surface area (Å²) in [4.78, 5) is 53.6. The Bertz CT molecular complexity index is 1850. The summed E-state index contributed by atoms with van der Waals surface area (Å²) in [5, 5.41) is 35.3. The molecule has 51 heavy (non-hydrogen) atoms. The standard InChI is InChI=1S/C41H51NO9/c1-21(2)11-10-12-23(5)14-16-27-32(43)28(15-13-22(3)4)35-31(33(27)44)34(45)29-19-26-20-30-39(8,9)51-40(36(26)46,41(29,30)50-35)18-17-24(6)37(47)42-25(7)38(48)49/h11,13-14,17,19,25-26,30,43-44H,10,12,15-16,18,20H2,1-9H3,(H,42,47)(H,48,49)/b23-14+,24-17-/t25-,26?,30?,40?,41?/m0/s1. The Morgan fingerprint density at radius 2 is 1.61 bits per heavy atom. The van der Waals surface area contributed by atoms with E-state index in [1.807, 2.05) is 60.6 Å². The quantitative estimate of drug-likeness (QED) is 0.136. The van der Waals surface area contributed by atoms with Crippen molar-refractivity contribution in [2.75, 3.05) is 0 Å². The topological polar surface area (TPSA) is 159 Å². The Balaban J connectivity index is 1.66. The molecule has 1 aromatic carbocycles. The van der Waals surface area contributed by atoms with E-state index in [0.717, 1.165) is 24.0 Å². The van der Waals surface area contributed by atoms with Crippen molar-refractivity contribution in [3.8, 4) is 17.2 Å². The number of allylic oxidation sites excluding steroid dienone is 7. The molecule has 4 unspecified atom stereocenters. The molecule has 2 aliphatic heterocycles. The molecule has 2 heterocycles. The molecule has 1 spiro atoms. The van der Waals surface area contributed by atoms with Gasteiger partial charge in [-0.1, -0.05) is 47.1 Å². The van der Waals surface area contributed by atoms with E-state index >= 15 is 0 Å². The smallest absolute Gasteiger partial charge is 0.325 e. The predicted octanol–water partition coefficient (Wildman–Crippen LogP) is 6.77. The summed E-state index contributed by atoms with van der Waals surface area (Å²) in [6.45, 7) is 16.5. The Morgan fingerprint density at radius 3 is 2.24 bits per heavy atom. The third kappa shape index (κ3) is 6.26. The first kappa shape index (κ1) is 37.8. The van der Waals surface area contributed by atoms with Crippen LogP contribution >= 0.6 is 0 Å². The lowest BCUT2D eigenvalue weighted by Crippen LogP contribution is -2.72. The minimum absolute atomic E-state index is 0.0233. The van der Waals surface area contributed by atoms with Crippen molar-refractivity contribution in [1.29, 1.82) is 0 Å². The van der Waals surface area contributed by atoms with E-state index in [0.29, 0.717) is 12.0 Å². The van der Waals surface area contributed by atoms with Crippen molar-refractivity contribution in [3.63, 3.8) is 0 Å². The Hall–Kier alpha value is -4.44. The molecule has 6 rings (SSSR count). The molecular formula is C41H51NO9. The molecule has 0 radical (unpaired) electrons. The lowest BCUT2D eigenvalue weighted by Gasteiger charge is -2.56. The van der Waals surface area contributed by atoms with Crippen LogP contribution < -0.4 is 10.1 Å². The van der Waals surface area contributed by atoms with E-state index in [1.54, 1.807) is 6.08 Å². The van der Waals surface area contributed by atoms with Crippen LogP contribution in [0.4, 0.5) is 0 Å². The SMILES string of the molecule is CC(C)=CCC/C(C)=C/Cc1c(O)c(CC=C(C)C)c2c(c1O)C(=O)C1=CC3CC4C(C)(C)OC(C/C=C(/C)C(=O)N[C@@H](C)C(=O)O)(C3=O)C14O2. The Morgan fingerprint density at radius 1 is 0.961 bits per heavy atom. The molecule has 4 bridgehead atoms. The van der Waals surface area contributed by atoms with Gasteiger partial charge in [0.1, 0.15) is 28.9 Å². The highest BCUT2D eigenvalue weighted by atomic mass is 16.6. The zero-order valence-electron chi connectivity index (χ0n) is 31.2. The Kier molecular flexibility index (Phi) is 10.1. The summed E-state index contributed by atoms with van der Waals surface area (Å²) in [5.74, 6) is -4.21. The van der Waals surface area contributed by atoms with Gasteiger partial charge in [-0.2, -0.15) is 0 Å². The van der Waals surface area contributed by atoms with Gasteiger partial charge < -0.3 is 30.1 Å². The first-order valence-electron chi connectivity index (χ1n) is 17.7. The number of hydrogen-bond acceptors (Lipinski definition) is 8. The van der Waals surface area contributed by atoms with E-state index in [2.05, 4.69) is 11.4 Å². The monoisotopic (exact) mass is 701 g/mol. The van der Waals surface area contributed by atoms with Gasteiger partial charge >= 0.3 is 5.97 Å². The van der Waals surface area contributed by atoms with Crippen molar-refractivity contribution in [3.05, 3.63) is 74.9 Å². The lowest BCUT2D eigenvalue weighted by molar-refractivity contribution is -0.171. The van der Waals surface area contributed by atoms with Gasteiger partial charge in [0.15, 0.2) is 22.8 Å². The molecule has 4 N–H and O–H groups in total. The summed E-state index contributed by atoms with van der Waals surface area (Å²) in [6.07, 6.45) is 11.5. The van der Waals surface area contributed by atoms with Gasteiger partial charge in [-0.15, -0.1) is 0 Å². The van der Waals surface area contributed by atoms with Gasteiger partial charge in [0.2, 0.25) is 5.91 Å². The summed E-state index contributed by atoms with van der Waals surface area (Å²) in [5.41, 5.74) is -0.0838. The number of amides is 1. The number of phenolic OH excluding ortho intramolecular Hbond substituents is 2. The van der Waals surface area contributed by atoms with Gasteiger partial charge in [-0.05, 0) is 94.4 Å². The molecule has 1 amide bonds. The number of ketones is 2. The van der Waals surface area contributed by atoms with Crippen LogP contribution in [0, 0.1) is 11.8 Å². The number of benzene rings is 1. The predicted molar refractivity (Wildman–Crippen MR) is 193 cm³/mol. The van der Waals surface area contributed by atoms with Gasteiger partial charge in [0, 0.05) is 40.5 Å². The molecule has 10 nitrogen and oxygen atoms in total. The second-order valence-corrected chi connectivity index (χ2v) is 15.6. The van der Waals surface area contributed by atoms with E-state index in [9.17, 15) is 34.5 Å². The number of carboxylic acids is 1. The number of carbonyl (C=O) groups excluding carboxylic acids is 3. The summed E-state index contributed by atoms with van der Waals surface area (Å²) in [7, 11) is 0. The van der Waals surface area contributed by atoms with Gasteiger partial charge in [0.05, 0.1) is 5.60 Å². The van der Waals surface area contributed by atoms with Crippen LogP contribution in [0.25, 0.3) is 0 Å².